The first-order valence-electron chi connectivity index (χ1n) is 4.73. The number of hydrazine groups is 1. The Hall–Kier alpha value is -0.970. The molecule has 0 fully saturated rings. The minimum Gasteiger partial charge on any atom is -0.490 e. The fraction of sp³-hybridized carbons (Fsp3) is 0.300. The topological polar surface area (TPSA) is 64.3 Å². The number of carbonyl (C=O) groups excluding carboxylic acids is 1. The minimum absolute atomic E-state index is 0.291. The lowest BCUT2D eigenvalue weighted by molar-refractivity contribution is 0.0953. The standard InChI is InChI=1S/C10H12Cl2N2O2/c1-2-3-16-9-7(11)4-6(5-8(9)12)10(15)14-13/h4-5H,2-3,13H2,1H3,(H,14,15). The average Bonchev–Trinajstić information content (AvgIpc) is 2.26. The smallest absolute Gasteiger partial charge is 0.265 e. The summed E-state index contributed by atoms with van der Waals surface area (Å²) >= 11 is 11.9. The predicted octanol–water partition coefficient (Wildman–Crippen LogP) is 2.39. The molecule has 1 aromatic carbocycles. The summed E-state index contributed by atoms with van der Waals surface area (Å²) in [5.74, 6) is 4.94. The van der Waals surface area contributed by atoms with Gasteiger partial charge in [-0.25, -0.2) is 5.84 Å². The Balaban J connectivity index is 3.02. The van der Waals surface area contributed by atoms with Crippen molar-refractivity contribution in [2.45, 2.75) is 13.3 Å². The van der Waals surface area contributed by atoms with Gasteiger partial charge in [0.05, 0.1) is 16.7 Å². The van der Waals surface area contributed by atoms with Gasteiger partial charge >= 0.3 is 0 Å². The van der Waals surface area contributed by atoms with Crippen LogP contribution in [0.15, 0.2) is 12.1 Å². The van der Waals surface area contributed by atoms with E-state index in [0.29, 0.717) is 28.0 Å². The highest BCUT2D eigenvalue weighted by Crippen LogP contribution is 2.34. The van der Waals surface area contributed by atoms with Gasteiger partial charge in [0, 0.05) is 5.56 Å². The highest BCUT2D eigenvalue weighted by molar-refractivity contribution is 6.37. The van der Waals surface area contributed by atoms with E-state index in [1.165, 1.54) is 12.1 Å². The van der Waals surface area contributed by atoms with E-state index in [1.54, 1.807) is 0 Å². The monoisotopic (exact) mass is 262 g/mol. The summed E-state index contributed by atoms with van der Waals surface area (Å²) in [6.07, 6.45) is 0.845. The predicted molar refractivity (Wildman–Crippen MR) is 63.9 cm³/mol. The molecule has 0 radical (unpaired) electrons. The Kier molecular flexibility index (Phi) is 4.86. The van der Waals surface area contributed by atoms with E-state index in [9.17, 15) is 4.79 Å². The molecule has 0 aliphatic heterocycles. The third-order valence-electron chi connectivity index (χ3n) is 1.84. The zero-order valence-corrected chi connectivity index (χ0v) is 10.2. The Labute approximate surface area is 104 Å². The number of hydrogen-bond donors (Lipinski definition) is 2. The summed E-state index contributed by atoms with van der Waals surface area (Å²) < 4.78 is 5.36. The van der Waals surface area contributed by atoms with Gasteiger partial charge in [0.15, 0.2) is 5.75 Å². The van der Waals surface area contributed by atoms with Gasteiger partial charge in [-0.15, -0.1) is 0 Å². The van der Waals surface area contributed by atoms with Crippen molar-refractivity contribution >= 4 is 29.1 Å². The molecule has 3 N–H and O–H groups in total. The van der Waals surface area contributed by atoms with Crippen LogP contribution < -0.4 is 16.0 Å². The lowest BCUT2D eigenvalue weighted by Crippen LogP contribution is -2.29. The fourth-order valence-corrected chi connectivity index (χ4v) is 1.71. The summed E-state index contributed by atoms with van der Waals surface area (Å²) in [5, 5.41) is 0.583. The molecule has 4 nitrogen and oxygen atoms in total. The number of nitrogens with one attached hydrogen (secondary N) is 1. The number of benzene rings is 1. The lowest BCUT2D eigenvalue weighted by Gasteiger charge is -2.10. The van der Waals surface area contributed by atoms with Gasteiger partial charge < -0.3 is 4.74 Å². The van der Waals surface area contributed by atoms with Crippen LogP contribution in [0.5, 0.6) is 5.75 Å². The van der Waals surface area contributed by atoms with Gasteiger partial charge in [0.2, 0.25) is 0 Å². The maximum absolute atomic E-state index is 11.2. The number of amides is 1. The Bertz CT molecular complexity index is 373. The summed E-state index contributed by atoms with van der Waals surface area (Å²) in [6.45, 7) is 2.49. The first kappa shape index (κ1) is 13.1. The van der Waals surface area contributed by atoms with E-state index >= 15 is 0 Å². The SMILES string of the molecule is CCCOc1c(Cl)cc(C(=O)NN)cc1Cl. The highest BCUT2D eigenvalue weighted by Gasteiger charge is 2.13. The van der Waals surface area contributed by atoms with Gasteiger partial charge in [-0.3, -0.25) is 10.2 Å². The normalized spacial score (nSPS) is 10.0. The molecule has 1 aromatic rings. The summed E-state index contributed by atoms with van der Waals surface area (Å²) in [6, 6.07) is 2.92. The van der Waals surface area contributed by atoms with Gasteiger partial charge in [-0.05, 0) is 18.6 Å². The number of ether oxygens (including phenoxy) is 1. The number of rotatable bonds is 4. The second-order valence-corrected chi connectivity index (χ2v) is 3.91. The second-order valence-electron chi connectivity index (χ2n) is 3.09. The molecule has 0 heterocycles. The van der Waals surface area contributed by atoms with Crippen LogP contribution in [0, 0.1) is 0 Å². The zero-order valence-electron chi connectivity index (χ0n) is 8.72. The van der Waals surface area contributed by atoms with Crippen LogP contribution in [-0.4, -0.2) is 12.5 Å². The molecular formula is C10H12Cl2N2O2. The van der Waals surface area contributed by atoms with Crippen LogP contribution in [0.3, 0.4) is 0 Å². The molecule has 0 spiro atoms. The summed E-state index contributed by atoms with van der Waals surface area (Å²) in [4.78, 5) is 11.2. The van der Waals surface area contributed by atoms with Crippen molar-refractivity contribution < 1.29 is 9.53 Å². The number of carbonyl (C=O) groups is 1. The van der Waals surface area contributed by atoms with Gasteiger partial charge in [0.25, 0.3) is 5.91 Å². The fourth-order valence-electron chi connectivity index (χ4n) is 1.12. The molecule has 6 heteroatoms. The van der Waals surface area contributed by atoms with Gasteiger partial charge in [0.1, 0.15) is 0 Å². The van der Waals surface area contributed by atoms with Crippen LogP contribution in [0.1, 0.15) is 23.7 Å². The first-order valence-corrected chi connectivity index (χ1v) is 5.48. The van der Waals surface area contributed by atoms with Crippen molar-refractivity contribution in [1.29, 1.82) is 0 Å². The molecule has 0 aliphatic rings. The van der Waals surface area contributed by atoms with E-state index in [2.05, 4.69) is 0 Å². The van der Waals surface area contributed by atoms with Crippen molar-refractivity contribution in [3.8, 4) is 5.75 Å². The van der Waals surface area contributed by atoms with E-state index in [-0.39, 0.29) is 0 Å². The molecule has 0 aliphatic carbocycles. The number of hydrogen-bond acceptors (Lipinski definition) is 3. The van der Waals surface area contributed by atoms with E-state index in [1.807, 2.05) is 12.3 Å². The highest BCUT2D eigenvalue weighted by atomic mass is 35.5. The molecule has 1 rings (SSSR count). The molecule has 0 aromatic heterocycles. The molecule has 16 heavy (non-hydrogen) atoms. The van der Waals surface area contributed by atoms with Crippen molar-refractivity contribution in [2.75, 3.05) is 6.61 Å². The lowest BCUT2D eigenvalue weighted by atomic mass is 10.2. The number of nitrogens with two attached hydrogens (primary N) is 1. The van der Waals surface area contributed by atoms with E-state index in [4.69, 9.17) is 33.8 Å². The van der Waals surface area contributed by atoms with Gasteiger partial charge in [-0.1, -0.05) is 30.1 Å². The van der Waals surface area contributed by atoms with Gasteiger partial charge in [-0.2, -0.15) is 0 Å². The number of halogens is 2. The Morgan fingerprint density at radius 2 is 2.00 bits per heavy atom. The van der Waals surface area contributed by atoms with Crippen molar-refractivity contribution in [3.05, 3.63) is 27.7 Å². The van der Waals surface area contributed by atoms with E-state index < -0.39 is 5.91 Å². The first-order chi connectivity index (χ1) is 7.60. The average molecular weight is 263 g/mol. The third kappa shape index (κ3) is 3.01. The zero-order chi connectivity index (χ0) is 12.1. The van der Waals surface area contributed by atoms with Crippen LogP contribution in [0.4, 0.5) is 0 Å². The molecule has 0 atom stereocenters. The van der Waals surface area contributed by atoms with E-state index in [0.717, 1.165) is 6.42 Å². The Morgan fingerprint density at radius 3 is 2.44 bits per heavy atom. The molecule has 0 bridgehead atoms. The molecular weight excluding hydrogens is 251 g/mol. The maximum atomic E-state index is 11.2. The second kappa shape index (κ2) is 5.94. The van der Waals surface area contributed by atoms with Crippen molar-refractivity contribution in [3.63, 3.8) is 0 Å². The molecule has 0 saturated heterocycles. The molecule has 88 valence electrons. The largest absolute Gasteiger partial charge is 0.490 e. The van der Waals surface area contributed by atoms with Crippen molar-refractivity contribution in [1.82, 2.24) is 5.43 Å². The molecule has 0 saturated carbocycles. The molecule has 0 unspecified atom stereocenters. The molecule has 1 amide bonds. The van der Waals surface area contributed by atoms with Crippen LogP contribution in [0.2, 0.25) is 10.0 Å². The quantitative estimate of drug-likeness (QED) is 0.498. The summed E-state index contributed by atoms with van der Waals surface area (Å²) in [5.41, 5.74) is 2.29. The van der Waals surface area contributed by atoms with Crippen molar-refractivity contribution in [2.24, 2.45) is 5.84 Å². The minimum atomic E-state index is -0.453. The Morgan fingerprint density at radius 1 is 1.44 bits per heavy atom. The third-order valence-corrected chi connectivity index (χ3v) is 2.40. The maximum Gasteiger partial charge on any atom is 0.265 e. The summed E-state index contributed by atoms with van der Waals surface area (Å²) in [7, 11) is 0. The van der Waals surface area contributed by atoms with Crippen LogP contribution in [-0.2, 0) is 0 Å². The van der Waals surface area contributed by atoms with Crippen LogP contribution >= 0.6 is 23.2 Å². The van der Waals surface area contributed by atoms with Crippen LogP contribution in [0.25, 0.3) is 0 Å². The number of nitrogen functional groups attached to an aromatic ring is 1.